The largest absolute Gasteiger partial charge is 0.471 e. The van der Waals surface area contributed by atoms with E-state index in [1.807, 2.05) is 58.7 Å². The second-order valence-corrected chi connectivity index (χ2v) is 9.08. The van der Waals surface area contributed by atoms with Crippen LogP contribution in [0.1, 0.15) is 16.8 Å². The van der Waals surface area contributed by atoms with Gasteiger partial charge in [0.2, 0.25) is 0 Å². The number of hydrogen-bond donors (Lipinski definition) is 0. The Hall–Kier alpha value is -2.54. The number of likely N-dealkylation sites (tertiary alicyclic amines) is 1. The number of rotatable bonds is 3. The highest BCUT2D eigenvalue weighted by atomic mass is 32.2. The smallest absolute Gasteiger partial charge is 0.253 e. The highest BCUT2D eigenvalue weighted by Crippen LogP contribution is 2.46. The number of hydrogen-bond acceptors (Lipinski definition) is 4. The normalized spacial score (nSPS) is 20.5. The highest BCUT2D eigenvalue weighted by Gasteiger charge is 2.51. The van der Waals surface area contributed by atoms with Crippen molar-refractivity contribution in [1.29, 1.82) is 0 Å². The Labute approximate surface area is 166 Å². The van der Waals surface area contributed by atoms with E-state index in [4.69, 9.17) is 4.74 Å². The quantitative estimate of drug-likeness (QED) is 0.679. The number of halogens is 1. The van der Waals surface area contributed by atoms with Gasteiger partial charge in [-0.25, -0.2) is 9.37 Å². The van der Waals surface area contributed by atoms with Crippen molar-refractivity contribution in [2.75, 3.05) is 18.8 Å². The molecule has 2 aliphatic rings. The predicted octanol–water partition coefficient (Wildman–Crippen LogP) is 3.49. The summed E-state index contributed by atoms with van der Waals surface area (Å²) in [6, 6.07) is 10.8. The van der Waals surface area contributed by atoms with Crippen LogP contribution in [0.15, 0.2) is 48.8 Å². The summed E-state index contributed by atoms with van der Waals surface area (Å²) in [5.41, 5.74) is 1.84. The molecule has 0 saturated carbocycles. The Morgan fingerprint density at radius 2 is 2.18 bits per heavy atom. The molecule has 0 bridgehead atoms. The number of benzene rings is 1. The minimum atomic E-state index is -0.435. The Bertz CT molecular complexity index is 1060. The summed E-state index contributed by atoms with van der Waals surface area (Å²) in [5, 5.41) is 1.07. The monoisotopic (exact) mass is 397 g/mol. The number of nitrogens with zero attached hydrogens (tertiary/aromatic N) is 3. The van der Waals surface area contributed by atoms with E-state index in [-0.39, 0.29) is 22.6 Å². The molecule has 5 nitrogen and oxygen atoms in total. The van der Waals surface area contributed by atoms with Crippen LogP contribution in [0.3, 0.4) is 0 Å². The van der Waals surface area contributed by atoms with Gasteiger partial charge in [-0.3, -0.25) is 4.79 Å². The molecular weight excluding hydrogens is 377 g/mol. The SMILES string of the molecule is Cn1ccc2cc(C(=O)N3CC4(CC(Oc5ncccc5F)CS4)C3)ccc21. The number of fused-ring (bicyclic) bond motifs is 1. The van der Waals surface area contributed by atoms with Crippen molar-refractivity contribution in [2.45, 2.75) is 17.3 Å². The van der Waals surface area contributed by atoms with Crippen LogP contribution in [0.5, 0.6) is 5.88 Å². The molecule has 1 spiro atoms. The van der Waals surface area contributed by atoms with Crippen molar-refractivity contribution in [2.24, 2.45) is 7.05 Å². The van der Waals surface area contributed by atoms with Crippen LogP contribution in [-0.4, -0.2) is 50.1 Å². The molecule has 4 heterocycles. The fourth-order valence-electron chi connectivity index (χ4n) is 4.10. The Morgan fingerprint density at radius 3 is 3.00 bits per heavy atom. The first-order valence-electron chi connectivity index (χ1n) is 9.29. The van der Waals surface area contributed by atoms with Crippen molar-refractivity contribution >= 4 is 28.6 Å². The molecule has 28 heavy (non-hydrogen) atoms. The molecule has 0 radical (unpaired) electrons. The number of aromatic nitrogens is 2. The third-order valence-electron chi connectivity index (χ3n) is 5.56. The van der Waals surface area contributed by atoms with E-state index in [1.54, 1.807) is 6.07 Å². The molecular formula is C21H20FN3O2S. The maximum Gasteiger partial charge on any atom is 0.253 e. The standard InChI is InChI=1S/C21H20FN3O2S/c1-24-8-6-14-9-15(4-5-18(14)24)20(26)25-12-21(13-25)10-16(11-28-21)27-19-17(22)3-2-7-23-19/h2-9,16H,10-13H2,1H3. The molecule has 2 fully saturated rings. The number of carbonyl (C=O) groups is 1. The third-order valence-corrected chi connectivity index (χ3v) is 7.13. The van der Waals surface area contributed by atoms with Crippen LogP contribution in [-0.2, 0) is 7.05 Å². The molecule has 0 aliphatic carbocycles. The van der Waals surface area contributed by atoms with E-state index in [2.05, 4.69) is 4.98 Å². The lowest BCUT2D eigenvalue weighted by Crippen LogP contribution is -2.60. The number of carbonyl (C=O) groups excluding carboxylic acids is 1. The van der Waals surface area contributed by atoms with Gasteiger partial charge in [0.15, 0.2) is 5.82 Å². The molecule has 1 amide bonds. The van der Waals surface area contributed by atoms with Gasteiger partial charge in [-0.2, -0.15) is 0 Å². The van der Waals surface area contributed by atoms with E-state index in [0.29, 0.717) is 13.1 Å². The number of thioether (sulfide) groups is 1. The maximum absolute atomic E-state index is 13.8. The summed E-state index contributed by atoms with van der Waals surface area (Å²) in [7, 11) is 2.00. The zero-order chi connectivity index (χ0) is 19.3. The topological polar surface area (TPSA) is 47.4 Å². The van der Waals surface area contributed by atoms with Gasteiger partial charge in [-0.1, -0.05) is 0 Å². The fourth-order valence-corrected chi connectivity index (χ4v) is 5.63. The number of aryl methyl sites for hydroxylation is 1. The molecule has 2 aromatic heterocycles. The van der Waals surface area contributed by atoms with E-state index in [9.17, 15) is 9.18 Å². The molecule has 2 saturated heterocycles. The van der Waals surface area contributed by atoms with Crippen molar-refractivity contribution in [3.05, 3.63) is 60.2 Å². The average molecular weight is 397 g/mol. The van der Waals surface area contributed by atoms with Crippen molar-refractivity contribution in [3.63, 3.8) is 0 Å². The molecule has 1 atom stereocenters. The van der Waals surface area contributed by atoms with Crippen LogP contribution in [0, 0.1) is 5.82 Å². The molecule has 1 aromatic carbocycles. The fraction of sp³-hybridized carbons (Fsp3) is 0.333. The van der Waals surface area contributed by atoms with Crippen LogP contribution in [0.2, 0.25) is 0 Å². The molecule has 5 rings (SSSR count). The van der Waals surface area contributed by atoms with Gasteiger partial charge in [-0.05, 0) is 36.4 Å². The van der Waals surface area contributed by atoms with Crippen LogP contribution < -0.4 is 4.74 Å². The lowest BCUT2D eigenvalue weighted by Gasteiger charge is -2.47. The van der Waals surface area contributed by atoms with E-state index < -0.39 is 5.82 Å². The average Bonchev–Trinajstić information content (AvgIpc) is 3.26. The first-order chi connectivity index (χ1) is 13.5. The predicted molar refractivity (Wildman–Crippen MR) is 107 cm³/mol. The number of pyridine rings is 1. The first-order valence-corrected chi connectivity index (χ1v) is 10.3. The molecule has 1 unspecified atom stereocenters. The lowest BCUT2D eigenvalue weighted by atomic mass is 9.92. The van der Waals surface area contributed by atoms with Crippen molar-refractivity contribution < 1.29 is 13.9 Å². The zero-order valence-corrected chi connectivity index (χ0v) is 16.3. The molecule has 7 heteroatoms. The summed E-state index contributed by atoms with van der Waals surface area (Å²) in [6.45, 7) is 1.40. The van der Waals surface area contributed by atoms with Crippen LogP contribution in [0.25, 0.3) is 10.9 Å². The summed E-state index contributed by atoms with van der Waals surface area (Å²) >= 11 is 1.81. The van der Waals surface area contributed by atoms with Crippen LogP contribution >= 0.6 is 11.8 Å². The van der Waals surface area contributed by atoms with Gasteiger partial charge < -0.3 is 14.2 Å². The summed E-state index contributed by atoms with van der Waals surface area (Å²) in [4.78, 5) is 18.7. The molecule has 3 aromatic rings. The van der Waals surface area contributed by atoms with Gasteiger partial charge in [0.1, 0.15) is 6.10 Å². The third kappa shape index (κ3) is 2.94. The number of ether oxygens (including phenoxy) is 1. The Balaban J connectivity index is 1.23. The minimum Gasteiger partial charge on any atom is -0.471 e. The molecule has 0 N–H and O–H groups in total. The van der Waals surface area contributed by atoms with E-state index in [0.717, 1.165) is 28.6 Å². The highest BCUT2D eigenvalue weighted by molar-refractivity contribution is 8.01. The van der Waals surface area contributed by atoms with Crippen LogP contribution in [0.4, 0.5) is 4.39 Å². The summed E-state index contributed by atoms with van der Waals surface area (Å²) < 4.78 is 21.6. The summed E-state index contributed by atoms with van der Waals surface area (Å²) in [6.07, 6.45) is 4.25. The van der Waals surface area contributed by atoms with Crippen molar-refractivity contribution in [3.8, 4) is 5.88 Å². The van der Waals surface area contributed by atoms with Gasteiger partial charge in [0.05, 0.1) is 4.75 Å². The first kappa shape index (κ1) is 17.6. The second-order valence-electron chi connectivity index (χ2n) is 7.59. The molecule has 2 aliphatic heterocycles. The van der Waals surface area contributed by atoms with Gasteiger partial charge in [0.25, 0.3) is 11.8 Å². The summed E-state index contributed by atoms with van der Waals surface area (Å²) in [5.74, 6) is 0.481. The second kappa shape index (κ2) is 6.51. The van der Waals surface area contributed by atoms with Gasteiger partial charge in [0, 0.05) is 61.2 Å². The van der Waals surface area contributed by atoms with Gasteiger partial charge in [-0.15, -0.1) is 11.8 Å². The van der Waals surface area contributed by atoms with Gasteiger partial charge >= 0.3 is 0 Å². The van der Waals surface area contributed by atoms with Crippen molar-refractivity contribution in [1.82, 2.24) is 14.5 Å². The van der Waals surface area contributed by atoms with E-state index >= 15 is 0 Å². The lowest BCUT2D eigenvalue weighted by molar-refractivity contribution is 0.0514. The molecule has 144 valence electrons. The number of amides is 1. The Kier molecular flexibility index (Phi) is 4.08. The Morgan fingerprint density at radius 1 is 1.32 bits per heavy atom. The minimum absolute atomic E-state index is 0.0163. The maximum atomic E-state index is 13.8. The zero-order valence-electron chi connectivity index (χ0n) is 15.5. The van der Waals surface area contributed by atoms with E-state index in [1.165, 1.54) is 12.3 Å².